The molecule has 5 rings (SSSR count). The van der Waals surface area contributed by atoms with Crippen molar-refractivity contribution in [3.8, 4) is 28.4 Å². The summed E-state index contributed by atoms with van der Waals surface area (Å²) in [5.41, 5.74) is 4.12. The van der Waals surface area contributed by atoms with Crippen molar-refractivity contribution in [2.75, 3.05) is 13.2 Å². The van der Waals surface area contributed by atoms with Crippen LogP contribution in [-0.4, -0.2) is 30.3 Å². The van der Waals surface area contributed by atoms with E-state index in [2.05, 4.69) is 5.32 Å². The Morgan fingerprint density at radius 2 is 1.65 bits per heavy atom. The van der Waals surface area contributed by atoms with Crippen molar-refractivity contribution < 1.29 is 28.9 Å². The summed E-state index contributed by atoms with van der Waals surface area (Å²) in [5, 5.41) is 12.9. The maximum atomic E-state index is 12.8. The van der Waals surface area contributed by atoms with Gasteiger partial charge in [-0.05, 0) is 53.9 Å². The van der Waals surface area contributed by atoms with Gasteiger partial charge in [0.1, 0.15) is 23.4 Å². The van der Waals surface area contributed by atoms with Crippen molar-refractivity contribution in [1.82, 2.24) is 5.32 Å². The lowest BCUT2D eigenvalue weighted by Crippen LogP contribution is -2.25. The molecule has 204 valence electrons. The van der Waals surface area contributed by atoms with Gasteiger partial charge in [0.05, 0.1) is 11.6 Å². The predicted octanol–water partition coefficient (Wildman–Crippen LogP) is 7.94. The quantitative estimate of drug-likeness (QED) is 0.206. The van der Waals surface area contributed by atoms with Gasteiger partial charge in [0.15, 0.2) is 0 Å². The smallest absolute Gasteiger partial charge is 0.493 e. The van der Waals surface area contributed by atoms with E-state index in [4.69, 9.17) is 42.5 Å². The van der Waals surface area contributed by atoms with Crippen molar-refractivity contribution in [3.63, 3.8) is 0 Å². The minimum atomic E-state index is -1.36. The Kier molecular flexibility index (Phi) is 8.43. The van der Waals surface area contributed by atoms with Gasteiger partial charge < -0.3 is 24.6 Å². The van der Waals surface area contributed by atoms with Crippen LogP contribution in [0.4, 0.5) is 4.79 Å². The molecule has 1 aliphatic heterocycles. The topological polar surface area (TPSA) is 94.1 Å². The average Bonchev–Trinajstić information content (AvgIpc) is 2.95. The third-order valence-corrected chi connectivity index (χ3v) is 7.12. The maximum Gasteiger partial charge on any atom is 0.506 e. The van der Waals surface area contributed by atoms with Gasteiger partial charge in [-0.25, -0.2) is 4.79 Å². The van der Waals surface area contributed by atoms with Crippen LogP contribution in [0.15, 0.2) is 84.9 Å². The first-order valence-corrected chi connectivity index (χ1v) is 13.4. The lowest BCUT2D eigenvalue weighted by molar-refractivity contribution is 0.0326. The number of nitrogens with one attached hydrogen (secondary N) is 1. The van der Waals surface area contributed by atoms with E-state index in [0.717, 1.165) is 16.7 Å². The predicted molar refractivity (Wildman–Crippen MR) is 153 cm³/mol. The minimum Gasteiger partial charge on any atom is -0.493 e. The van der Waals surface area contributed by atoms with Crippen molar-refractivity contribution in [3.05, 3.63) is 112 Å². The highest BCUT2D eigenvalue weighted by Crippen LogP contribution is 2.42. The summed E-state index contributed by atoms with van der Waals surface area (Å²) < 4.78 is 16.5. The number of carbonyl (C=O) groups is 2. The Morgan fingerprint density at radius 1 is 0.925 bits per heavy atom. The molecule has 1 aliphatic rings. The molecule has 1 unspecified atom stereocenters. The van der Waals surface area contributed by atoms with Crippen LogP contribution in [0, 0.1) is 0 Å². The number of rotatable bonds is 8. The summed E-state index contributed by atoms with van der Waals surface area (Å²) in [4.78, 5) is 23.8. The van der Waals surface area contributed by atoms with Crippen molar-refractivity contribution in [1.29, 1.82) is 0 Å². The van der Waals surface area contributed by atoms with E-state index in [-0.39, 0.29) is 10.9 Å². The molecule has 0 radical (unpaired) electrons. The zero-order valence-corrected chi connectivity index (χ0v) is 22.7. The molecule has 0 fully saturated rings. The number of hydrogen-bond donors (Lipinski definition) is 2. The monoisotopic (exact) mass is 577 g/mol. The summed E-state index contributed by atoms with van der Waals surface area (Å²) in [6, 6.07) is 25.6. The number of fused-ring (bicyclic) bond motifs is 1. The number of carboxylic acid groups (broad SMARTS) is 1. The molecule has 1 amide bonds. The molecule has 2 N–H and O–H groups in total. The zero-order valence-electron chi connectivity index (χ0n) is 21.2. The molecule has 7 nitrogen and oxygen atoms in total. The van der Waals surface area contributed by atoms with Crippen molar-refractivity contribution >= 4 is 35.3 Å². The first-order valence-electron chi connectivity index (χ1n) is 12.6. The fourth-order valence-electron chi connectivity index (χ4n) is 4.58. The van der Waals surface area contributed by atoms with E-state index in [1.165, 1.54) is 0 Å². The van der Waals surface area contributed by atoms with E-state index < -0.39 is 12.3 Å². The molecule has 0 saturated heterocycles. The molecule has 0 saturated carbocycles. The molecule has 4 aromatic carbocycles. The lowest BCUT2D eigenvalue weighted by Gasteiger charge is -2.25. The third kappa shape index (κ3) is 6.33. The normalized spacial score (nSPS) is 14.0. The SMILES string of the molecule is O=C(O)OC1CCOc2cc(Oc3ccc(C(=O)NCCc4ccccc4-c4ccccc4Cl)cc3)c(Cl)cc21. The fourth-order valence-corrected chi connectivity index (χ4v) is 5.02. The summed E-state index contributed by atoms with van der Waals surface area (Å²) in [5.74, 6) is 1.06. The van der Waals surface area contributed by atoms with Crippen LogP contribution in [0.1, 0.15) is 34.0 Å². The first kappa shape index (κ1) is 27.4. The molecule has 0 spiro atoms. The van der Waals surface area contributed by atoms with E-state index >= 15 is 0 Å². The van der Waals surface area contributed by atoms with Gasteiger partial charge in [-0.1, -0.05) is 65.7 Å². The summed E-state index contributed by atoms with van der Waals surface area (Å²) in [6.45, 7) is 0.761. The molecule has 4 aromatic rings. The third-order valence-electron chi connectivity index (χ3n) is 6.50. The Hall–Kier alpha value is -4.20. The van der Waals surface area contributed by atoms with Gasteiger partial charge in [0.2, 0.25) is 0 Å². The number of hydrogen-bond acceptors (Lipinski definition) is 5. The minimum absolute atomic E-state index is 0.202. The summed E-state index contributed by atoms with van der Waals surface area (Å²) in [6.07, 6.45) is -0.977. The van der Waals surface area contributed by atoms with Crippen LogP contribution in [0.25, 0.3) is 11.1 Å². The van der Waals surface area contributed by atoms with Crippen LogP contribution >= 0.6 is 23.2 Å². The van der Waals surface area contributed by atoms with Crippen LogP contribution in [0.3, 0.4) is 0 Å². The second-order valence-corrected chi connectivity index (χ2v) is 9.91. The van der Waals surface area contributed by atoms with Crippen LogP contribution < -0.4 is 14.8 Å². The molecule has 0 bridgehead atoms. The number of halogens is 2. The second kappa shape index (κ2) is 12.3. The number of benzene rings is 4. The number of carbonyl (C=O) groups excluding carboxylic acids is 1. The Morgan fingerprint density at radius 3 is 2.40 bits per heavy atom. The van der Waals surface area contributed by atoms with E-state index in [1.54, 1.807) is 36.4 Å². The molecule has 0 aromatic heterocycles. The van der Waals surface area contributed by atoms with E-state index in [1.807, 2.05) is 48.5 Å². The Bertz CT molecular complexity index is 1540. The van der Waals surface area contributed by atoms with E-state index in [0.29, 0.717) is 59.4 Å². The Labute approximate surface area is 241 Å². The van der Waals surface area contributed by atoms with Gasteiger partial charge in [0.25, 0.3) is 5.91 Å². The number of amides is 1. The standard InChI is InChI=1S/C31H25Cl2NO6/c32-25-8-4-3-7-23(25)22-6-2-1-5-19(22)13-15-34-30(35)20-9-11-21(12-10-20)39-29-18-28-24(17-26(29)33)27(14-16-38-28)40-31(36)37/h1-12,17-18,27H,13-16H2,(H,34,35)(H,36,37). The molecule has 1 heterocycles. The summed E-state index contributed by atoms with van der Waals surface area (Å²) >= 11 is 12.8. The van der Waals surface area contributed by atoms with Crippen molar-refractivity contribution in [2.45, 2.75) is 18.9 Å². The van der Waals surface area contributed by atoms with Crippen molar-refractivity contribution in [2.24, 2.45) is 0 Å². The Balaban J connectivity index is 1.20. The van der Waals surface area contributed by atoms with Crippen LogP contribution in [-0.2, 0) is 11.2 Å². The molecule has 40 heavy (non-hydrogen) atoms. The fraction of sp³-hybridized carbons (Fsp3) is 0.161. The van der Waals surface area contributed by atoms with Gasteiger partial charge in [-0.3, -0.25) is 4.79 Å². The summed E-state index contributed by atoms with van der Waals surface area (Å²) in [7, 11) is 0. The van der Waals surface area contributed by atoms with Gasteiger partial charge >= 0.3 is 6.16 Å². The highest BCUT2D eigenvalue weighted by molar-refractivity contribution is 6.33. The highest BCUT2D eigenvalue weighted by atomic mass is 35.5. The van der Waals surface area contributed by atoms with E-state index in [9.17, 15) is 9.59 Å². The average molecular weight is 578 g/mol. The van der Waals surface area contributed by atoms with Gasteiger partial charge in [-0.15, -0.1) is 0 Å². The molecule has 1 atom stereocenters. The molecule has 0 aliphatic carbocycles. The highest BCUT2D eigenvalue weighted by Gasteiger charge is 2.27. The second-order valence-electron chi connectivity index (χ2n) is 9.10. The number of ether oxygens (including phenoxy) is 3. The molecule has 9 heteroatoms. The lowest BCUT2D eigenvalue weighted by atomic mass is 9.97. The molecular weight excluding hydrogens is 553 g/mol. The zero-order chi connectivity index (χ0) is 28.1. The largest absolute Gasteiger partial charge is 0.506 e. The maximum absolute atomic E-state index is 12.8. The molecular formula is C31H25Cl2NO6. The first-order chi connectivity index (χ1) is 19.4. The van der Waals surface area contributed by atoms with Gasteiger partial charge in [0, 0.05) is 40.7 Å². The van der Waals surface area contributed by atoms with Gasteiger partial charge in [-0.2, -0.15) is 0 Å². The van der Waals surface area contributed by atoms with Crippen LogP contribution in [0.2, 0.25) is 10.0 Å². The van der Waals surface area contributed by atoms with Crippen LogP contribution in [0.5, 0.6) is 17.2 Å².